The summed E-state index contributed by atoms with van der Waals surface area (Å²) >= 11 is 0. The maximum Gasteiger partial charge on any atom is 0.0854 e. The number of aromatic nitrogens is 2. The van der Waals surface area contributed by atoms with Crippen LogP contribution >= 0.6 is 0 Å². The summed E-state index contributed by atoms with van der Waals surface area (Å²) < 4.78 is 2.01. The number of nitrogen functional groups attached to an aromatic ring is 1. The molecule has 0 aromatic carbocycles. The molecule has 0 unspecified atom stereocenters. The van der Waals surface area contributed by atoms with E-state index in [4.69, 9.17) is 11.0 Å². The molecule has 0 bridgehead atoms. The summed E-state index contributed by atoms with van der Waals surface area (Å²) in [7, 11) is 0. The number of aryl methyl sites for hydroxylation is 2. The Morgan fingerprint density at radius 2 is 2.06 bits per heavy atom. The van der Waals surface area contributed by atoms with Gasteiger partial charge in [-0.15, -0.1) is 0 Å². The minimum atomic E-state index is 0.624. The van der Waals surface area contributed by atoms with Crippen LogP contribution in [0.2, 0.25) is 0 Å². The molecule has 1 aromatic heterocycles. The number of nitrogens with two attached hydrogens (primary N) is 1. The minimum absolute atomic E-state index is 0.624. The van der Waals surface area contributed by atoms with Crippen LogP contribution in [0.25, 0.3) is 0 Å². The fourth-order valence-corrected chi connectivity index (χ4v) is 1.85. The first-order valence-corrected chi connectivity index (χ1v) is 5.95. The Morgan fingerprint density at radius 3 is 2.62 bits per heavy atom. The molecule has 0 spiro atoms. The van der Waals surface area contributed by atoms with Gasteiger partial charge in [-0.1, -0.05) is 13.8 Å². The number of unbranched alkanes of at least 4 members (excludes halogenated alkanes) is 2. The predicted octanol–water partition coefficient (Wildman–Crippen LogP) is 2.28. The zero-order valence-corrected chi connectivity index (χ0v) is 10.2. The Bertz CT molecular complexity index is 373. The number of nitriles is 1. The normalized spacial score (nSPS) is 10.3. The van der Waals surface area contributed by atoms with Gasteiger partial charge in [-0.05, 0) is 25.7 Å². The van der Waals surface area contributed by atoms with Gasteiger partial charge in [0.15, 0.2) is 0 Å². The highest BCUT2D eigenvalue weighted by molar-refractivity contribution is 5.48. The first kappa shape index (κ1) is 12.6. The molecule has 0 aliphatic rings. The van der Waals surface area contributed by atoms with Crippen LogP contribution in [0.15, 0.2) is 0 Å². The first-order chi connectivity index (χ1) is 7.74. The Labute approximate surface area is 97.1 Å². The summed E-state index contributed by atoms with van der Waals surface area (Å²) in [6, 6.07) is 2.16. The molecule has 0 fully saturated rings. The zero-order valence-electron chi connectivity index (χ0n) is 10.2. The number of hydrogen-bond donors (Lipinski definition) is 1. The highest BCUT2D eigenvalue weighted by Crippen LogP contribution is 2.18. The average Bonchev–Trinajstić information content (AvgIpc) is 2.60. The van der Waals surface area contributed by atoms with Gasteiger partial charge in [0.25, 0.3) is 0 Å². The standard InChI is InChI=1S/C12H20N4/c1-3-10-12(14)11(4-2)16(15-10)9-7-5-6-8-13/h3-7,9,14H2,1-2H3. The Balaban J connectivity index is 2.68. The lowest BCUT2D eigenvalue weighted by Crippen LogP contribution is -2.05. The molecular formula is C12H20N4. The van der Waals surface area contributed by atoms with Crippen molar-refractivity contribution in [3.63, 3.8) is 0 Å². The van der Waals surface area contributed by atoms with Crippen LogP contribution in [0.1, 0.15) is 44.5 Å². The largest absolute Gasteiger partial charge is 0.396 e. The average molecular weight is 220 g/mol. The fourth-order valence-electron chi connectivity index (χ4n) is 1.85. The van der Waals surface area contributed by atoms with Crippen LogP contribution in [-0.2, 0) is 19.4 Å². The molecule has 0 amide bonds. The molecule has 0 aliphatic heterocycles. The van der Waals surface area contributed by atoms with Crippen LogP contribution in [0.5, 0.6) is 0 Å². The molecule has 0 radical (unpaired) electrons. The third-order valence-electron chi connectivity index (χ3n) is 2.75. The van der Waals surface area contributed by atoms with Gasteiger partial charge in [-0.25, -0.2) is 0 Å². The van der Waals surface area contributed by atoms with Gasteiger partial charge in [-0.3, -0.25) is 4.68 Å². The third-order valence-corrected chi connectivity index (χ3v) is 2.75. The first-order valence-electron chi connectivity index (χ1n) is 5.95. The molecule has 1 rings (SSSR count). The van der Waals surface area contributed by atoms with Crippen LogP contribution in [0.3, 0.4) is 0 Å². The second kappa shape index (κ2) is 6.16. The molecule has 0 aliphatic carbocycles. The lowest BCUT2D eigenvalue weighted by molar-refractivity contribution is 0.538. The van der Waals surface area contributed by atoms with E-state index in [1.165, 1.54) is 0 Å². The molecule has 1 aromatic rings. The van der Waals surface area contributed by atoms with Gasteiger partial charge in [-0.2, -0.15) is 10.4 Å². The zero-order chi connectivity index (χ0) is 12.0. The molecule has 4 nitrogen and oxygen atoms in total. The van der Waals surface area contributed by atoms with E-state index < -0.39 is 0 Å². The quantitative estimate of drug-likeness (QED) is 0.748. The molecule has 2 N–H and O–H groups in total. The highest BCUT2D eigenvalue weighted by atomic mass is 15.3. The van der Waals surface area contributed by atoms with Gasteiger partial charge in [0.2, 0.25) is 0 Å². The van der Waals surface area contributed by atoms with Crippen LogP contribution in [0.4, 0.5) is 5.69 Å². The van der Waals surface area contributed by atoms with Gasteiger partial charge >= 0.3 is 0 Å². The van der Waals surface area contributed by atoms with Crippen molar-refractivity contribution in [1.82, 2.24) is 9.78 Å². The van der Waals surface area contributed by atoms with Crippen molar-refractivity contribution in [3.8, 4) is 6.07 Å². The number of rotatable bonds is 6. The van der Waals surface area contributed by atoms with Crippen molar-refractivity contribution in [3.05, 3.63) is 11.4 Å². The molecule has 88 valence electrons. The second-order valence-corrected chi connectivity index (χ2v) is 3.85. The summed E-state index contributed by atoms with van der Waals surface area (Å²) in [4.78, 5) is 0. The predicted molar refractivity (Wildman–Crippen MR) is 64.9 cm³/mol. The minimum Gasteiger partial charge on any atom is -0.396 e. The van der Waals surface area contributed by atoms with Gasteiger partial charge in [0, 0.05) is 13.0 Å². The Hall–Kier alpha value is -1.50. The lowest BCUT2D eigenvalue weighted by atomic mass is 10.2. The van der Waals surface area contributed by atoms with Crippen molar-refractivity contribution in [1.29, 1.82) is 5.26 Å². The van der Waals surface area contributed by atoms with Gasteiger partial charge in [0.05, 0.1) is 23.1 Å². The summed E-state index contributed by atoms with van der Waals surface area (Å²) in [6.07, 6.45) is 4.34. The number of nitrogens with zero attached hydrogens (tertiary/aromatic N) is 3. The highest BCUT2D eigenvalue weighted by Gasteiger charge is 2.11. The fraction of sp³-hybridized carbons (Fsp3) is 0.667. The molecule has 0 saturated carbocycles. The van der Waals surface area contributed by atoms with Crippen LogP contribution in [0, 0.1) is 11.3 Å². The van der Waals surface area contributed by atoms with Crippen molar-refractivity contribution in [2.45, 2.75) is 52.5 Å². The van der Waals surface area contributed by atoms with Crippen molar-refractivity contribution in [2.24, 2.45) is 0 Å². The van der Waals surface area contributed by atoms with E-state index in [1.807, 2.05) is 4.68 Å². The summed E-state index contributed by atoms with van der Waals surface area (Å²) in [5, 5.41) is 13.0. The molecule has 4 heteroatoms. The van der Waals surface area contributed by atoms with Crippen LogP contribution in [-0.4, -0.2) is 9.78 Å². The van der Waals surface area contributed by atoms with Crippen molar-refractivity contribution < 1.29 is 0 Å². The van der Waals surface area contributed by atoms with E-state index >= 15 is 0 Å². The molecule has 1 heterocycles. The maximum absolute atomic E-state index is 8.46. The van der Waals surface area contributed by atoms with E-state index in [-0.39, 0.29) is 0 Å². The second-order valence-electron chi connectivity index (χ2n) is 3.85. The topological polar surface area (TPSA) is 67.6 Å². The Morgan fingerprint density at radius 1 is 1.31 bits per heavy atom. The molecule has 0 saturated heterocycles. The van der Waals surface area contributed by atoms with E-state index in [1.54, 1.807) is 0 Å². The van der Waals surface area contributed by atoms with Crippen molar-refractivity contribution >= 4 is 5.69 Å². The van der Waals surface area contributed by atoms with E-state index in [0.29, 0.717) is 6.42 Å². The summed E-state index contributed by atoms with van der Waals surface area (Å²) in [6.45, 7) is 5.03. The monoisotopic (exact) mass is 220 g/mol. The molecule has 16 heavy (non-hydrogen) atoms. The summed E-state index contributed by atoms with van der Waals surface area (Å²) in [5.74, 6) is 0. The molecule has 0 atom stereocenters. The Kier molecular flexibility index (Phi) is 4.84. The van der Waals surface area contributed by atoms with Crippen molar-refractivity contribution in [2.75, 3.05) is 5.73 Å². The van der Waals surface area contributed by atoms with Gasteiger partial charge in [0.1, 0.15) is 0 Å². The maximum atomic E-state index is 8.46. The third kappa shape index (κ3) is 2.75. The number of hydrogen-bond acceptors (Lipinski definition) is 3. The van der Waals surface area contributed by atoms with Gasteiger partial charge < -0.3 is 5.73 Å². The van der Waals surface area contributed by atoms with Crippen LogP contribution < -0.4 is 5.73 Å². The smallest absolute Gasteiger partial charge is 0.0854 e. The number of anilines is 1. The summed E-state index contributed by atoms with van der Waals surface area (Å²) in [5.41, 5.74) is 9.00. The van der Waals surface area contributed by atoms with E-state index in [9.17, 15) is 0 Å². The van der Waals surface area contributed by atoms with E-state index in [2.05, 4.69) is 25.0 Å². The SMILES string of the molecule is CCc1nn(CCCCC#N)c(CC)c1N. The lowest BCUT2D eigenvalue weighted by Gasteiger charge is -2.04. The molecular weight excluding hydrogens is 200 g/mol. The van der Waals surface area contributed by atoms with E-state index in [0.717, 1.165) is 49.3 Å².